The first kappa shape index (κ1) is 12.3. The standard InChI is InChI=1S/C6H8Cl2O5/c7-1-3-11-5(9)13-6(10)12-4-2-8/h1-4H2. The molecule has 13 heavy (non-hydrogen) atoms. The largest absolute Gasteiger partial charge is 0.518 e. The summed E-state index contributed by atoms with van der Waals surface area (Å²) < 4.78 is 12.6. The molecule has 0 radical (unpaired) electrons. The van der Waals surface area contributed by atoms with Gasteiger partial charge in [-0.05, 0) is 0 Å². The fourth-order valence-corrected chi connectivity index (χ4v) is 0.525. The van der Waals surface area contributed by atoms with Gasteiger partial charge in [-0.25, -0.2) is 9.59 Å². The maximum atomic E-state index is 10.5. The molecule has 0 fully saturated rings. The van der Waals surface area contributed by atoms with Gasteiger partial charge in [0.05, 0.1) is 11.8 Å². The summed E-state index contributed by atoms with van der Waals surface area (Å²) in [6.45, 7) is -0.0493. The van der Waals surface area contributed by atoms with E-state index in [1.807, 2.05) is 0 Å². The molecule has 0 aliphatic heterocycles. The smallest absolute Gasteiger partial charge is 0.433 e. The first-order valence-corrected chi connectivity index (χ1v) is 4.41. The molecule has 0 aromatic heterocycles. The molecule has 0 bridgehead atoms. The fourth-order valence-electron chi connectivity index (χ4n) is 0.371. The van der Waals surface area contributed by atoms with Crippen molar-refractivity contribution in [3.8, 4) is 0 Å². The van der Waals surface area contributed by atoms with Crippen LogP contribution in [0.4, 0.5) is 9.59 Å². The van der Waals surface area contributed by atoms with Crippen molar-refractivity contribution < 1.29 is 23.8 Å². The summed E-state index contributed by atoms with van der Waals surface area (Å²) in [5.74, 6) is 0.262. The van der Waals surface area contributed by atoms with E-state index < -0.39 is 12.3 Å². The third-order valence-corrected chi connectivity index (χ3v) is 1.07. The Morgan fingerprint density at radius 2 is 1.31 bits per heavy atom. The topological polar surface area (TPSA) is 61.8 Å². The quantitative estimate of drug-likeness (QED) is 0.419. The van der Waals surface area contributed by atoms with Gasteiger partial charge in [-0.3, -0.25) is 0 Å². The first-order chi connectivity index (χ1) is 6.20. The van der Waals surface area contributed by atoms with E-state index in [4.69, 9.17) is 23.2 Å². The number of hydrogen-bond acceptors (Lipinski definition) is 5. The molecule has 0 aromatic rings. The molecule has 7 heteroatoms. The van der Waals surface area contributed by atoms with Crippen LogP contribution in [0.5, 0.6) is 0 Å². The number of alkyl halides is 2. The lowest BCUT2D eigenvalue weighted by Gasteiger charge is -2.02. The van der Waals surface area contributed by atoms with E-state index in [-0.39, 0.29) is 25.0 Å². The van der Waals surface area contributed by atoms with E-state index in [2.05, 4.69) is 14.2 Å². The predicted octanol–water partition coefficient (Wildman–Crippen LogP) is 1.75. The van der Waals surface area contributed by atoms with Crippen molar-refractivity contribution in [2.75, 3.05) is 25.0 Å². The number of rotatable bonds is 4. The zero-order valence-corrected chi connectivity index (χ0v) is 8.14. The van der Waals surface area contributed by atoms with Crippen LogP contribution in [0, 0.1) is 0 Å². The zero-order chi connectivity index (χ0) is 10.1. The molecule has 0 heterocycles. The van der Waals surface area contributed by atoms with Crippen LogP contribution in [0.15, 0.2) is 0 Å². The Hall–Kier alpha value is -0.680. The van der Waals surface area contributed by atoms with Crippen molar-refractivity contribution in [3.63, 3.8) is 0 Å². The van der Waals surface area contributed by atoms with Gasteiger partial charge in [0.2, 0.25) is 0 Å². The van der Waals surface area contributed by atoms with Gasteiger partial charge in [-0.2, -0.15) is 0 Å². The van der Waals surface area contributed by atoms with E-state index in [0.717, 1.165) is 0 Å². The molecule has 0 rings (SSSR count). The minimum Gasteiger partial charge on any atom is -0.433 e. The molecule has 0 saturated heterocycles. The lowest BCUT2D eigenvalue weighted by Crippen LogP contribution is -2.16. The molecule has 0 spiro atoms. The van der Waals surface area contributed by atoms with Crippen molar-refractivity contribution in [2.24, 2.45) is 0 Å². The first-order valence-electron chi connectivity index (χ1n) is 3.34. The third-order valence-electron chi connectivity index (χ3n) is 0.761. The summed E-state index contributed by atoms with van der Waals surface area (Å²) in [5.41, 5.74) is 0. The molecule has 0 atom stereocenters. The van der Waals surface area contributed by atoms with Gasteiger partial charge < -0.3 is 14.2 Å². The molecule has 0 aromatic carbocycles. The van der Waals surface area contributed by atoms with Gasteiger partial charge in [-0.15, -0.1) is 23.2 Å². The van der Waals surface area contributed by atoms with Crippen LogP contribution in [0.3, 0.4) is 0 Å². The van der Waals surface area contributed by atoms with Crippen molar-refractivity contribution in [1.29, 1.82) is 0 Å². The van der Waals surface area contributed by atoms with Gasteiger partial charge in [0.15, 0.2) is 0 Å². The van der Waals surface area contributed by atoms with Crippen molar-refractivity contribution >= 4 is 35.5 Å². The number of carbonyl (C=O) groups is 2. The molecule has 0 N–H and O–H groups in total. The Kier molecular flexibility index (Phi) is 7.53. The Balaban J connectivity index is 3.47. The van der Waals surface area contributed by atoms with Gasteiger partial charge in [-0.1, -0.05) is 0 Å². The Labute approximate surface area is 84.8 Å². The molecule has 0 saturated carbocycles. The minimum absolute atomic E-state index is 0.0246. The van der Waals surface area contributed by atoms with Crippen LogP contribution < -0.4 is 0 Å². The second-order valence-corrected chi connectivity index (χ2v) is 2.43. The van der Waals surface area contributed by atoms with Gasteiger partial charge >= 0.3 is 12.3 Å². The zero-order valence-electron chi connectivity index (χ0n) is 6.63. The van der Waals surface area contributed by atoms with Crippen LogP contribution in [0.1, 0.15) is 0 Å². The molecule has 76 valence electrons. The van der Waals surface area contributed by atoms with Crippen LogP contribution in [0.25, 0.3) is 0 Å². The summed E-state index contributed by atoms with van der Waals surface area (Å²) in [6, 6.07) is 0. The number of halogens is 2. The highest BCUT2D eigenvalue weighted by Crippen LogP contribution is 1.91. The van der Waals surface area contributed by atoms with Crippen LogP contribution in [0.2, 0.25) is 0 Å². The fraction of sp³-hybridized carbons (Fsp3) is 0.667. The monoisotopic (exact) mass is 230 g/mol. The number of ether oxygens (including phenoxy) is 3. The van der Waals surface area contributed by atoms with Crippen LogP contribution in [-0.2, 0) is 14.2 Å². The highest BCUT2D eigenvalue weighted by atomic mass is 35.5. The SMILES string of the molecule is O=C(OCCCl)OC(=O)OCCCl. The summed E-state index contributed by atoms with van der Waals surface area (Å²) >= 11 is 10.4. The maximum Gasteiger partial charge on any atom is 0.518 e. The predicted molar refractivity (Wildman–Crippen MR) is 45.2 cm³/mol. The number of hydrogen-bond donors (Lipinski definition) is 0. The molecular weight excluding hydrogens is 223 g/mol. The highest BCUT2D eigenvalue weighted by Gasteiger charge is 2.11. The normalized spacial score (nSPS) is 9.08. The van der Waals surface area contributed by atoms with Gasteiger partial charge in [0.25, 0.3) is 0 Å². The molecule has 5 nitrogen and oxygen atoms in total. The molecule has 0 unspecified atom stereocenters. The van der Waals surface area contributed by atoms with E-state index in [1.165, 1.54) is 0 Å². The van der Waals surface area contributed by atoms with Crippen LogP contribution >= 0.6 is 23.2 Å². The molecule has 0 amide bonds. The Morgan fingerprint density at radius 1 is 0.923 bits per heavy atom. The third kappa shape index (κ3) is 7.67. The summed E-state index contributed by atoms with van der Waals surface area (Å²) in [5, 5.41) is 0. The van der Waals surface area contributed by atoms with E-state index in [0.29, 0.717) is 0 Å². The van der Waals surface area contributed by atoms with Crippen molar-refractivity contribution in [3.05, 3.63) is 0 Å². The minimum atomic E-state index is -1.14. The average Bonchev–Trinajstić information content (AvgIpc) is 2.11. The molecular formula is C6H8Cl2O5. The van der Waals surface area contributed by atoms with Gasteiger partial charge in [0.1, 0.15) is 13.2 Å². The van der Waals surface area contributed by atoms with E-state index in [1.54, 1.807) is 0 Å². The highest BCUT2D eigenvalue weighted by molar-refractivity contribution is 6.18. The number of carbonyl (C=O) groups excluding carboxylic acids is 2. The maximum absolute atomic E-state index is 10.5. The Bertz CT molecular complexity index is 154. The molecule has 0 aliphatic rings. The summed E-state index contributed by atoms with van der Waals surface area (Å²) in [4.78, 5) is 21.1. The summed E-state index contributed by atoms with van der Waals surface area (Å²) in [6.07, 6.45) is -2.28. The van der Waals surface area contributed by atoms with Gasteiger partial charge in [0, 0.05) is 0 Å². The lowest BCUT2D eigenvalue weighted by atomic mass is 10.8. The Morgan fingerprint density at radius 3 is 1.62 bits per heavy atom. The van der Waals surface area contributed by atoms with Crippen molar-refractivity contribution in [2.45, 2.75) is 0 Å². The van der Waals surface area contributed by atoms with E-state index in [9.17, 15) is 9.59 Å². The van der Waals surface area contributed by atoms with E-state index >= 15 is 0 Å². The van der Waals surface area contributed by atoms with Crippen molar-refractivity contribution in [1.82, 2.24) is 0 Å². The van der Waals surface area contributed by atoms with Crippen LogP contribution in [-0.4, -0.2) is 37.3 Å². The second-order valence-electron chi connectivity index (χ2n) is 1.68. The second kappa shape index (κ2) is 7.94. The average molecular weight is 231 g/mol. The molecule has 0 aliphatic carbocycles. The lowest BCUT2D eigenvalue weighted by molar-refractivity contribution is 0.0415. The summed E-state index contributed by atoms with van der Waals surface area (Å²) in [7, 11) is 0.